The van der Waals surface area contributed by atoms with E-state index in [1.165, 1.54) is 0 Å². The Morgan fingerprint density at radius 1 is 1.12 bits per heavy atom. The lowest BCUT2D eigenvalue weighted by Crippen LogP contribution is -2.53. The molecule has 40 heavy (non-hydrogen) atoms. The molecule has 3 atom stereocenters. The summed E-state index contributed by atoms with van der Waals surface area (Å²) in [7, 11) is 1.12. The molecule has 3 heterocycles. The van der Waals surface area contributed by atoms with E-state index in [-0.39, 0.29) is 22.3 Å². The maximum Gasteiger partial charge on any atom is 0.348 e. The number of carbonyl (C=O) groups is 2. The number of carboxylic acid groups (broad SMARTS) is 2. The van der Waals surface area contributed by atoms with Gasteiger partial charge in [-0.05, 0) is 29.3 Å². The van der Waals surface area contributed by atoms with Crippen molar-refractivity contribution in [2.45, 2.75) is 30.5 Å². The van der Waals surface area contributed by atoms with Crippen LogP contribution in [-0.4, -0.2) is 83.3 Å². The van der Waals surface area contributed by atoms with Gasteiger partial charge in [0, 0.05) is 25.3 Å². The number of hydrogen-bond acceptors (Lipinski definition) is 10. The van der Waals surface area contributed by atoms with E-state index < -0.39 is 49.1 Å². The summed E-state index contributed by atoms with van der Waals surface area (Å²) in [6.07, 6.45) is -3.67. The van der Waals surface area contributed by atoms with Crippen molar-refractivity contribution in [1.29, 1.82) is 0 Å². The zero-order valence-corrected chi connectivity index (χ0v) is 21.6. The topological polar surface area (TPSA) is 196 Å². The standard InChI is InChI=1S/C25H24ClFN6O7/c1-39-16(18(34)19(27)33-12-30-17-20(28)31-24(26)32-21(17)33)11-40-25(22(35)36,23(37)38)10-13-5-7-14(8-6-13)15-4-2-3-9-29-15/h2-9,12,16,18-19,34H,10-11H2,1H3,(H,35,36)(H,37,38)(H2,28,31,32)/t16-,18-,19-/m1/s1. The number of aromatic nitrogens is 5. The van der Waals surface area contributed by atoms with Crippen molar-refractivity contribution in [3.05, 3.63) is 65.8 Å². The van der Waals surface area contributed by atoms with Crippen molar-refractivity contribution in [1.82, 2.24) is 24.5 Å². The van der Waals surface area contributed by atoms with E-state index in [2.05, 4.69) is 19.9 Å². The first-order valence-corrected chi connectivity index (χ1v) is 12.1. The number of alkyl halides is 1. The molecule has 4 rings (SSSR count). The SMILES string of the molecule is CO[C@H](COC(Cc1ccc(-c2ccccn2)cc1)(C(=O)O)C(=O)O)[C@@H](O)[C@H](F)n1cnc2c(N)nc(Cl)nc21. The molecule has 0 aliphatic rings. The van der Waals surface area contributed by atoms with Crippen molar-refractivity contribution in [2.24, 2.45) is 0 Å². The normalized spacial score (nSPS) is 14.1. The van der Waals surface area contributed by atoms with Crippen molar-refractivity contribution in [3.8, 4) is 11.3 Å². The smallest absolute Gasteiger partial charge is 0.348 e. The van der Waals surface area contributed by atoms with Crippen molar-refractivity contribution in [2.75, 3.05) is 19.5 Å². The fourth-order valence-corrected chi connectivity index (χ4v) is 4.17. The van der Waals surface area contributed by atoms with E-state index in [1.54, 1.807) is 48.7 Å². The predicted molar refractivity (Wildman–Crippen MR) is 139 cm³/mol. The first-order valence-electron chi connectivity index (χ1n) is 11.7. The molecule has 13 nitrogen and oxygen atoms in total. The molecule has 0 amide bonds. The fraction of sp³-hybridized carbons (Fsp3) is 0.280. The number of halogens is 2. The largest absolute Gasteiger partial charge is 0.479 e. The van der Waals surface area contributed by atoms with Crippen LogP contribution in [0.3, 0.4) is 0 Å². The number of pyridine rings is 1. The quantitative estimate of drug-likeness (QED) is 0.142. The first-order chi connectivity index (χ1) is 19.1. The number of imidazole rings is 1. The van der Waals surface area contributed by atoms with Gasteiger partial charge in [-0.25, -0.2) is 19.0 Å². The van der Waals surface area contributed by atoms with Crippen LogP contribution in [0.5, 0.6) is 0 Å². The average Bonchev–Trinajstić information content (AvgIpc) is 3.36. The molecule has 0 saturated heterocycles. The highest BCUT2D eigenvalue weighted by atomic mass is 35.5. The van der Waals surface area contributed by atoms with Gasteiger partial charge in [-0.1, -0.05) is 30.3 Å². The highest BCUT2D eigenvalue weighted by Crippen LogP contribution is 2.28. The van der Waals surface area contributed by atoms with Crippen LogP contribution >= 0.6 is 11.6 Å². The fourth-order valence-electron chi connectivity index (χ4n) is 3.99. The van der Waals surface area contributed by atoms with E-state index in [0.717, 1.165) is 23.6 Å². The Morgan fingerprint density at radius 2 is 1.82 bits per heavy atom. The number of nitrogen functional groups attached to an aromatic ring is 1. The molecule has 5 N–H and O–H groups in total. The van der Waals surface area contributed by atoms with Crippen LogP contribution in [0.2, 0.25) is 5.28 Å². The van der Waals surface area contributed by atoms with Crippen molar-refractivity contribution >= 4 is 40.5 Å². The Balaban J connectivity index is 1.54. The zero-order valence-electron chi connectivity index (χ0n) is 20.9. The van der Waals surface area contributed by atoms with Crippen LogP contribution in [0.25, 0.3) is 22.4 Å². The number of ether oxygens (including phenoxy) is 2. The van der Waals surface area contributed by atoms with Gasteiger partial charge in [0.2, 0.25) is 11.6 Å². The molecule has 0 spiro atoms. The van der Waals surface area contributed by atoms with Crippen LogP contribution in [0.4, 0.5) is 10.2 Å². The summed E-state index contributed by atoms with van der Waals surface area (Å²) in [5.41, 5.74) is 4.63. The number of aliphatic carboxylic acids is 2. The number of aliphatic hydroxyl groups is 1. The van der Waals surface area contributed by atoms with Gasteiger partial charge in [0.05, 0.1) is 18.6 Å². The van der Waals surface area contributed by atoms with Crippen molar-refractivity contribution in [3.63, 3.8) is 0 Å². The number of carboxylic acids is 2. The highest BCUT2D eigenvalue weighted by molar-refractivity contribution is 6.28. The third-order valence-electron chi connectivity index (χ3n) is 6.20. The molecule has 15 heteroatoms. The molecule has 210 valence electrons. The summed E-state index contributed by atoms with van der Waals surface area (Å²) in [6, 6.07) is 11.8. The summed E-state index contributed by atoms with van der Waals surface area (Å²) in [5.74, 6) is -3.70. The zero-order chi connectivity index (χ0) is 29.0. The molecule has 0 radical (unpaired) electrons. The molecule has 0 fully saturated rings. The molecule has 0 unspecified atom stereocenters. The van der Waals surface area contributed by atoms with Crippen molar-refractivity contribution < 1.29 is 38.8 Å². The minimum atomic E-state index is -2.77. The highest BCUT2D eigenvalue weighted by Gasteiger charge is 2.49. The lowest BCUT2D eigenvalue weighted by Gasteiger charge is -2.30. The Labute approximate surface area is 231 Å². The maximum absolute atomic E-state index is 15.4. The lowest BCUT2D eigenvalue weighted by atomic mass is 9.93. The van der Waals surface area contributed by atoms with Gasteiger partial charge in [0.1, 0.15) is 17.7 Å². The van der Waals surface area contributed by atoms with Gasteiger partial charge in [-0.3, -0.25) is 9.55 Å². The number of anilines is 1. The van der Waals surface area contributed by atoms with Gasteiger partial charge in [-0.2, -0.15) is 9.97 Å². The first kappa shape index (κ1) is 28.8. The molecule has 1 aromatic carbocycles. The second kappa shape index (κ2) is 11.9. The minimum absolute atomic E-state index is 0.0364. The monoisotopic (exact) mass is 574 g/mol. The number of methoxy groups -OCH3 is 1. The van der Waals surface area contributed by atoms with E-state index in [1.807, 2.05) is 0 Å². The van der Waals surface area contributed by atoms with E-state index in [0.29, 0.717) is 11.3 Å². The molecule has 4 aromatic rings. The third-order valence-corrected chi connectivity index (χ3v) is 6.37. The third kappa shape index (κ3) is 5.70. The minimum Gasteiger partial charge on any atom is -0.479 e. The van der Waals surface area contributed by atoms with Crippen LogP contribution in [-0.2, 0) is 25.5 Å². The maximum atomic E-state index is 15.4. The van der Waals surface area contributed by atoms with Gasteiger partial charge >= 0.3 is 11.9 Å². The van der Waals surface area contributed by atoms with Gasteiger partial charge in [-0.15, -0.1) is 0 Å². The number of fused-ring (bicyclic) bond motifs is 1. The van der Waals surface area contributed by atoms with E-state index in [9.17, 15) is 24.9 Å². The van der Waals surface area contributed by atoms with Crippen LogP contribution < -0.4 is 5.73 Å². The number of aliphatic hydroxyl groups excluding tert-OH is 1. The summed E-state index contributed by atoms with van der Waals surface area (Å²) < 4.78 is 26.8. The Hall–Kier alpha value is -4.24. The Bertz CT molecular complexity index is 1490. The summed E-state index contributed by atoms with van der Waals surface area (Å²) in [5, 5.41) is 30.2. The average molecular weight is 575 g/mol. The molecule has 0 saturated carbocycles. The van der Waals surface area contributed by atoms with Gasteiger partial charge < -0.3 is 30.5 Å². The Kier molecular flexibility index (Phi) is 8.54. The van der Waals surface area contributed by atoms with Gasteiger partial charge in [0.25, 0.3) is 5.60 Å². The molecule has 0 aliphatic carbocycles. The number of rotatable bonds is 12. The predicted octanol–water partition coefficient (Wildman–Crippen LogP) is 2.14. The lowest BCUT2D eigenvalue weighted by molar-refractivity contribution is -0.192. The number of nitrogens with two attached hydrogens (primary N) is 1. The summed E-state index contributed by atoms with van der Waals surface area (Å²) in [4.78, 5) is 40.2. The molecular formula is C25H24ClFN6O7. The summed E-state index contributed by atoms with van der Waals surface area (Å²) >= 11 is 5.81. The number of hydrogen-bond donors (Lipinski definition) is 4. The van der Waals surface area contributed by atoms with Gasteiger partial charge in [0.15, 0.2) is 11.5 Å². The summed E-state index contributed by atoms with van der Waals surface area (Å²) in [6.45, 7) is -0.798. The molecule has 0 bridgehead atoms. The molecule has 3 aromatic heterocycles. The second-order valence-electron chi connectivity index (χ2n) is 8.68. The number of benzene rings is 1. The number of nitrogens with zero attached hydrogens (tertiary/aromatic N) is 5. The van der Waals surface area contributed by atoms with E-state index >= 15 is 4.39 Å². The van der Waals surface area contributed by atoms with Crippen LogP contribution in [0.1, 0.15) is 11.9 Å². The van der Waals surface area contributed by atoms with Crippen LogP contribution in [0, 0.1) is 0 Å². The Morgan fingerprint density at radius 3 is 2.42 bits per heavy atom. The van der Waals surface area contributed by atoms with Crippen LogP contribution in [0.15, 0.2) is 55.0 Å². The molecule has 0 aliphatic heterocycles. The van der Waals surface area contributed by atoms with E-state index in [4.69, 9.17) is 26.8 Å². The molecular weight excluding hydrogens is 551 g/mol. The second-order valence-corrected chi connectivity index (χ2v) is 9.01.